The number of unbranched alkanes of at least 4 members (excludes halogenated alkanes) is 2. The summed E-state index contributed by atoms with van der Waals surface area (Å²) in [6, 6.07) is 6.52. The second-order valence-corrected chi connectivity index (χ2v) is 12.5. The molecule has 0 aromatic heterocycles. The molecule has 2 aliphatic rings. The average Bonchev–Trinajstić information content (AvgIpc) is 3.00. The van der Waals surface area contributed by atoms with Crippen LogP contribution in [0.25, 0.3) is 0 Å². The Morgan fingerprint density at radius 3 is 1.95 bits per heavy atom. The number of aryl methyl sites for hydroxylation is 1. The number of nitriles is 1. The lowest BCUT2D eigenvalue weighted by molar-refractivity contribution is 0.353. The van der Waals surface area contributed by atoms with E-state index in [0.717, 1.165) is 31.4 Å². The van der Waals surface area contributed by atoms with Crippen molar-refractivity contribution < 1.29 is 30.7 Å². The standard InChI is InChI=1S/C36H36F7N/c1-2-3-4-5-21-15-29(37)26(30(38)16-21)13-7-20-6-12-25-27(14-20)35(42)36(43)33(34(25)41)23-10-8-22(9-11-23)24-17-31(39)28(19-44)32(40)18-24/h15-18,20,22-23H,2-14H2,1H3. The summed E-state index contributed by atoms with van der Waals surface area (Å²) in [5.74, 6) is -7.05. The van der Waals surface area contributed by atoms with Gasteiger partial charge in [-0.15, -0.1) is 0 Å². The van der Waals surface area contributed by atoms with E-state index in [0.29, 0.717) is 56.1 Å². The predicted molar refractivity (Wildman–Crippen MR) is 155 cm³/mol. The minimum absolute atomic E-state index is 0.00411. The largest absolute Gasteiger partial charge is 0.207 e. The maximum absolute atomic E-state index is 15.8. The zero-order valence-corrected chi connectivity index (χ0v) is 24.8. The summed E-state index contributed by atoms with van der Waals surface area (Å²) in [5, 5.41) is 8.91. The van der Waals surface area contributed by atoms with Crippen LogP contribution in [0, 0.1) is 58.0 Å². The smallest absolute Gasteiger partial charge is 0.165 e. The Balaban J connectivity index is 1.26. The van der Waals surface area contributed by atoms with Gasteiger partial charge in [0.25, 0.3) is 0 Å². The van der Waals surface area contributed by atoms with Gasteiger partial charge in [0, 0.05) is 11.1 Å². The van der Waals surface area contributed by atoms with Crippen LogP contribution >= 0.6 is 0 Å². The Kier molecular flexibility index (Phi) is 10.0. The maximum Gasteiger partial charge on any atom is 0.165 e. The first kappa shape index (κ1) is 32.1. The fraction of sp³-hybridized carbons (Fsp3) is 0.472. The van der Waals surface area contributed by atoms with Crippen LogP contribution in [0.15, 0.2) is 24.3 Å². The fourth-order valence-electron chi connectivity index (χ4n) is 7.21. The number of hydrogen-bond donors (Lipinski definition) is 0. The fourth-order valence-corrected chi connectivity index (χ4v) is 7.21. The van der Waals surface area contributed by atoms with Crippen molar-refractivity contribution in [2.45, 2.75) is 102 Å². The first-order chi connectivity index (χ1) is 21.1. The van der Waals surface area contributed by atoms with Crippen LogP contribution in [0.2, 0.25) is 0 Å². The zero-order chi connectivity index (χ0) is 31.5. The summed E-state index contributed by atoms with van der Waals surface area (Å²) >= 11 is 0. The van der Waals surface area contributed by atoms with E-state index in [2.05, 4.69) is 6.92 Å². The third-order valence-corrected chi connectivity index (χ3v) is 9.71. The van der Waals surface area contributed by atoms with Gasteiger partial charge in [0.1, 0.15) is 40.7 Å². The van der Waals surface area contributed by atoms with Gasteiger partial charge in [-0.1, -0.05) is 19.8 Å². The van der Waals surface area contributed by atoms with E-state index in [-0.39, 0.29) is 53.4 Å². The molecule has 3 aromatic rings. The van der Waals surface area contributed by atoms with Crippen LogP contribution in [-0.4, -0.2) is 0 Å². The van der Waals surface area contributed by atoms with Crippen molar-refractivity contribution in [1.29, 1.82) is 5.26 Å². The highest BCUT2D eigenvalue weighted by Crippen LogP contribution is 2.45. The molecule has 0 radical (unpaired) electrons. The molecule has 1 unspecified atom stereocenters. The minimum Gasteiger partial charge on any atom is -0.207 e. The molecule has 1 atom stereocenters. The van der Waals surface area contributed by atoms with Crippen molar-refractivity contribution in [2.24, 2.45) is 5.92 Å². The van der Waals surface area contributed by atoms with Crippen LogP contribution in [0.5, 0.6) is 0 Å². The van der Waals surface area contributed by atoms with E-state index < -0.39 is 52.2 Å². The van der Waals surface area contributed by atoms with Gasteiger partial charge in [-0.2, -0.15) is 5.26 Å². The van der Waals surface area contributed by atoms with Crippen molar-refractivity contribution in [3.8, 4) is 6.07 Å². The number of nitrogens with zero attached hydrogens (tertiary/aromatic N) is 1. The van der Waals surface area contributed by atoms with Crippen molar-refractivity contribution in [3.05, 3.63) is 104 Å². The van der Waals surface area contributed by atoms with Gasteiger partial charge in [-0.05, 0) is 135 Å². The molecule has 0 bridgehead atoms. The van der Waals surface area contributed by atoms with E-state index in [1.807, 2.05) is 0 Å². The highest BCUT2D eigenvalue weighted by Gasteiger charge is 2.35. The van der Waals surface area contributed by atoms with E-state index in [1.165, 1.54) is 18.2 Å². The molecule has 5 rings (SSSR count). The van der Waals surface area contributed by atoms with Gasteiger partial charge in [-0.3, -0.25) is 0 Å². The molecule has 0 heterocycles. The molecule has 2 aliphatic carbocycles. The Bertz CT molecular complexity index is 1520. The zero-order valence-electron chi connectivity index (χ0n) is 24.8. The van der Waals surface area contributed by atoms with Gasteiger partial charge in [0.05, 0.1) is 0 Å². The molecule has 44 heavy (non-hydrogen) atoms. The van der Waals surface area contributed by atoms with Crippen molar-refractivity contribution >= 4 is 0 Å². The van der Waals surface area contributed by atoms with Crippen LogP contribution in [0.1, 0.15) is 115 Å². The van der Waals surface area contributed by atoms with Crippen molar-refractivity contribution in [2.75, 3.05) is 0 Å². The predicted octanol–water partition coefficient (Wildman–Crippen LogP) is 10.4. The summed E-state index contributed by atoms with van der Waals surface area (Å²) in [5.41, 5.74) is 0.266. The Morgan fingerprint density at radius 2 is 1.34 bits per heavy atom. The quantitative estimate of drug-likeness (QED) is 0.134. The summed E-state index contributed by atoms with van der Waals surface area (Å²) in [4.78, 5) is 0. The monoisotopic (exact) mass is 615 g/mol. The van der Waals surface area contributed by atoms with Gasteiger partial charge in [0.2, 0.25) is 0 Å². The summed E-state index contributed by atoms with van der Waals surface area (Å²) in [6.07, 6.45) is 6.19. The van der Waals surface area contributed by atoms with Crippen LogP contribution in [0.3, 0.4) is 0 Å². The number of fused-ring (bicyclic) bond motifs is 1. The molecule has 0 spiro atoms. The second kappa shape index (κ2) is 13.7. The summed E-state index contributed by atoms with van der Waals surface area (Å²) in [7, 11) is 0. The van der Waals surface area contributed by atoms with Crippen molar-refractivity contribution in [1.82, 2.24) is 0 Å². The van der Waals surface area contributed by atoms with E-state index >= 15 is 13.2 Å². The Hall–Kier alpha value is -3.34. The normalized spacial score (nSPS) is 19.9. The highest BCUT2D eigenvalue weighted by atomic mass is 19.2. The topological polar surface area (TPSA) is 23.8 Å². The lowest BCUT2D eigenvalue weighted by Gasteiger charge is -2.32. The molecule has 1 saturated carbocycles. The molecule has 0 saturated heterocycles. The Morgan fingerprint density at radius 1 is 0.705 bits per heavy atom. The van der Waals surface area contributed by atoms with Gasteiger partial charge >= 0.3 is 0 Å². The first-order valence-corrected chi connectivity index (χ1v) is 15.7. The molecule has 234 valence electrons. The molecule has 0 aliphatic heterocycles. The first-order valence-electron chi connectivity index (χ1n) is 15.7. The Labute approximate surface area is 254 Å². The lowest BCUT2D eigenvalue weighted by atomic mass is 9.73. The second-order valence-electron chi connectivity index (χ2n) is 12.5. The summed E-state index contributed by atoms with van der Waals surface area (Å²) < 4.78 is 104. The SMILES string of the molecule is CCCCCc1cc(F)c(CCC2CCc3c(F)c(C4CCC(c5cc(F)c(C#N)c(F)c5)CC4)c(F)c(F)c3C2)c(F)c1. The molecule has 1 fully saturated rings. The number of benzene rings is 3. The van der Waals surface area contributed by atoms with Crippen molar-refractivity contribution in [3.63, 3.8) is 0 Å². The molecule has 8 heteroatoms. The van der Waals surface area contributed by atoms with E-state index in [4.69, 9.17) is 5.26 Å². The molecule has 0 N–H and O–H groups in total. The van der Waals surface area contributed by atoms with Gasteiger partial charge in [-0.25, -0.2) is 30.7 Å². The number of rotatable bonds is 9. The molecule has 1 nitrogen and oxygen atoms in total. The summed E-state index contributed by atoms with van der Waals surface area (Å²) in [6.45, 7) is 2.06. The number of halogens is 7. The number of hydrogen-bond acceptors (Lipinski definition) is 1. The van der Waals surface area contributed by atoms with Gasteiger partial charge < -0.3 is 0 Å². The molecular weight excluding hydrogens is 579 g/mol. The lowest BCUT2D eigenvalue weighted by Crippen LogP contribution is -2.23. The third kappa shape index (κ3) is 6.53. The van der Waals surface area contributed by atoms with Crippen LogP contribution in [0.4, 0.5) is 30.7 Å². The molecule has 0 amide bonds. The van der Waals surface area contributed by atoms with E-state index in [1.54, 1.807) is 0 Å². The van der Waals surface area contributed by atoms with Crippen LogP contribution in [-0.2, 0) is 25.7 Å². The average molecular weight is 616 g/mol. The third-order valence-electron chi connectivity index (χ3n) is 9.71. The molecular formula is C36H36F7N. The minimum atomic E-state index is -1.20. The maximum atomic E-state index is 15.8. The highest BCUT2D eigenvalue weighted by molar-refractivity contribution is 5.41. The van der Waals surface area contributed by atoms with Crippen LogP contribution < -0.4 is 0 Å². The molecule has 3 aromatic carbocycles. The van der Waals surface area contributed by atoms with Gasteiger partial charge in [0.15, 0.2) is 11.6 Å². The van der Waals surface area contributed by atoms with E-state index in [9.17, 15) is 17.6 Å².